The molecule has 0 saturated heterocycles. The van der Waals surface area contributed by atoms with Gasteiger partial charge in [-0.15, -0.1) is 13.2 Å². The van der Waals surface area contributed by atoms with Gasteiger partial charge in [-0.1, -0.05) is 0 Å². The van der Waals surface area contributed by atoms with Crippen LogP contribution >= 0.6 is 15.9 Å². The largest absolute Gasteiger partial charge is 0.573 e. The van der Waals surface area contributed by atoms with Crippen LogP contribution in [-0.2, 0) is 0 Å². The van der Waals surface area contributed by atoms with Gasteiger partial charge in [0.05, 0.1) is 16.3 Å². The summed E-state index contributed by atoms with van der Waals surface area (Å²) in [4.78, 5) is 6.63. The fraction of sp³-hybridized carbons (Fsp3) is 0.125. The zero-order valence-corrected chi connectivity index (χ0v) is 8.69. The Morgan fingerprint density at radius 3 is 2.73 bits per heavy atom. The molecule has 0 atom stereocenters. The molecule has 0 spiro atoms. The van der Waals surface area contributed by atoms with E-state index in [2.05, 4.69) is 30.6 Å². The summed E-state index contributed by atoms with van der Waals surface area (Å²) in [6.45, 7) is 0. The highest BCUT2D eigenvalue weighted by molar-refractivity contribution is 9.10. The van der Waals surface area contributed by atoms with Crippen molar-refractivity contribution in [2.45, 2.75) is 6.36 Å². The molecular weight excluding hydrogens is 277 g/mol. The summed E-state index contributed by atoms with van der Waals surface area (Å²) in [5, 5.41) is 0. The zero-order chi connectivity index (χ0) is 11.1. The minimum atomic E-state index is -4.70. The van der Waals surface area contributed by atoms with Crippen molar-refractivity contribution in [1.29, 1.82) is 0 Å². The molecule has 0 bridgehead atoms. The minimum absolute atomic E-state index is 0.179. The van der Waals surface area contributed by atoms with E-state index in [4.69, 9.17) is 0 Å². The Balaban J connectivity index is 2.48. The van der Waals surface area contributed by atoms with Gasteiger partial charge >= 0.3 is 6.36 Å². The molecule has 80 valence electrons. The topological polar surface area (TPSA) is 37.9 Å². The van der Waals surface area contributed by atoms with Crippen molar-refractivity contribution in [3.05, 3.63) is 22.9 Å². The van der Waals surface area contributed by atoms with Gasteiger partial charge in [0.1, 0.15) is 11.3 Å². The number of hydrogen-bond donors (Lipinski definition) is 1. The fourth-order valence-corrected chi connectivity index (χ4v) is 1.69. The third-order valence-electron chi connectivity index (χ3n) is 1.72. The van der Waals surface area contributed by atoms with Crippen molar-refractivity contribution < 1.29 is 17.9 Å². The van der Waals surface area contributed by atoms with E-state index in [1.165, 1.54) is 18.5 Å². The molecule has 0 aliphatic rings. The lowest BCUT2D eigenvalue weighted by Crippen LogP contribution is -2.17. The van der Waals surface area contributed by atoms with Gasteiger partial charge in [-0.05, 0) is 28.1 Å². The molecule has 1 heterocycles. The van der Waals surface area contributed by atoms with Crippen LogP contribution < -0.4 is 4.74 Å². The zero-order valence-electron chi connectivity index (χ0n) is 7.10. The van der Waals surface area contributed by atoms with Crippen LogP contribution in [0.4, 0.5) is 13.2 Å². The number of fused-ring (bicyclic) bond motifs is 1. The summed E-state index contributed by atoms with van der Waals surface area (Å²) in [6, 6.07) is 2.69. The monoisotopic (exact) mass is 280 g/mol. The number of benzene rings is 1. The maximum Gasteiger partial charge on any atom is 0.573 e. The van der Waals surface area contributed by atoms with Gasteiger partial charge in [-0.3, -0.25) is 0 Å². The molecule has 0 radical (unpaired) electrons. The number of ether oxygens (including phenoxy) is 1. The first-order valence-corrected chi connectivity index (χ1v) is 4.64. The van der Waals surface area contributed by atoms with Crippen LogP contribution in [0.15, 0.2) is 22.9 Å². The van der Waals surface area contributed by atoms with Crippen LogP contribution in [0, 0.1) is 0 Å². The molecular formula is C8H4BrF3N2O. The van der Waals surface area contributed by atoms with Gasteiger partial charge < -0.3 is 9.72 Å². The second-order valence-electron chi connectivity index (χ2n) is 2.72. The predicted molar refractivity (Wildman–Crippen MR) is 50.5 cm³/mol. The van der Waals surface area contributed by atoms with Crippen LogP contribution in [0.3, 0.4) is 0 Å². The van der Waals surface area contributed by atoms with Crippen LogP contribution in [0.5, 0.6) is 5.75 Å². The number of imidazole rings is 1. The standard InChI is InChI=1S/C8H4BrF3N2O/c9-6-5(15-8(10,11)12)2-1-4-7(6)14-3-13-4/h1-3H,(H,13,14). The third-order valence-corrected chi connectivity index (χ3v) is 2.49. The Morgan fingerprint density at radius 2 is 2.07 bits per heavy atom. The van der Waals surface area contributed by atoms with Crippen molar-refractivity contribution >= 4 is 27.0 Å². The van der Waals surface area contributed by atoms with Crippen molar-refractivity contribution in [2.24, 2.45) is 0 Å². The summed E-state index contributed by atoms with van der Waals surface area (Å²) < 4.78 is 39.9. The van der Waals surface area contributed by atoms with E-state index in [0.29, 0.717) is 11.0 Å². The second-order valence-corrected chi connectivity index (χ2v) is 3.52. The number of hydrogen-bond acceptors (Lipinski definition) is 2. The first-order valence-electron chi connectivity index (χ1n) is 3.85. The number of aromatic nitrogens is 2. The number of rotatable bonds is 1. The molecule has 0 unspecified atom stereocenters. The lowest BCUT2D eigenvalue weighted by atomic mass is 10.3. The number of nitrogens with zero attached hydrogens (tertiary/aromatic N) is 1. The molecule has 0 aliphatic carbocycles. The van der Waals surface area contributed by atoms with Gasteiger partial charge in [0.25, 0.3) is 0 Å². The predicted octanol–water partition coefficient (Wildman–Crippen LogP) is 3.22. The number of H-pyrrole nitrogens is 1. The Bertz CT molecular complexity index is 494. The van der Waals surface area contributed by atoms with Gasteiger partial charge in [0.15, 0.2) is 0 Å². The Labute approximate surface area is 90.4 Å². The molecule has 0 saturated carbocycles. The second kappa shape index (κ2) is 3.41. The lowest BCUT2D eigenvalue weighted by molar-refractivity contribution is -0.274. The fourth-order valence-electron chi connectivity index (χ4n) is 1.16. The minimum Gasteiger partial charge on any atom is -0.404 e. The highest BCUT2D eigenvalue weighted by Crippen LogP contribution is 2.34. The van der Waals surface area contributed by atoms with Crippen LogP contribution in [0.2, 0.25) is 0 Å². The van der Waals surface area contributed by atoms with Crippen LogP contribution in [0.1, 0.15) is 0 Å². The molecule has 7 heteroatoms. The first-order chi connectivity index (χ1) is 6.97. The van der Waals surface area contributed by atoms with Crippen molar-refractivity contribution in [3.8, 4) is 5.75 Å². The molecule has 0 amide bonds. The van der Waals surface area contributed by atoms with Gasteiger partial charge in [-0.25, -0.2) is 4.98 Å². The third kappa shape index (κ3) is 2.06. The molecule has 0 aliphatic heterocycles. The Morgan fingerprint density at radius 1 is 1.33 bits per heavy atom. The van der Waals surface area contributed by atoms with E-state index >= 15 is 0 Å². The number of aromatic amines is 1. The average Bonchev–Trinajstić information content (AvgIpc) is 2.56. The summed E-state index contributed by atoms with van der Waals surface area (Å²) in [6.07, 6.45) is -3.31. The quantitative estimate of drug-likeness (QED) is 0.871. The highest BCUT2D eigenvalue weighted by atomic mass is 79.9. The molecule has 1 aromatic carbocycles. The van der Waals surface area contributed by atoms with E-state index in [1.54, 1.807) is 0 Å². The SMILES string of the molecule is FC(F)(F)Oc1ccc2[nH]cnc2c1Br. The Kier molecular flexibility index (Phi) is 2.34. The van der Waals surface area contributed by atoms with Gasteiger partial charge in [0.2, 0.25) is 0 Å². The van der Waals surface area contributed by atoms with Crippen LogP contribution in [0.25, 0.3) is 11.0 Å². The van der Waals surface area contributed by atoms with E-state index in [9.17, 15) is 13.2 Å². The van der Waals surface area contributed by atoms with Gasteiger partial charge in [-0.2, -0.15) is 0 Å². The molecule has 2 aromatic rings. The van der Waals surface area contributed by atoms with E-state index in [1.807, 2.05) is 0 Å². The maximum absolute atomic E-state index is 12.0. The lowest BCUT2D eigenvalue weighted by Gasteiger charge is -2.10. The Hall–Kier alpha value is -1.24. The molecule has 2 rings (SSSR count). The summed E-state index contributed by atoms with van der Waals surface area (Å²) in [5.41, 5.74) is 1.04. The van der Waals surface area contributed by atoms with Gasteiger partial charge in [0, 0.05) is 0 Å². The number of alkyl halides is 3. The molecule has 1 aromatic heterocycles. The maximum atomic E-state index is 12.0. The van der Waals surface area contributed by atoms with Crippen molar-refractivity contribution in [3.63, 3.8) is 0 Å². The average molecular weight is 281 g/mol. The van der Waals surface area contributed by atoms with Crippen molar-refractivity contribution in [2.75, 3.05) is 0 Å². The number of halogens is 4. The van der Waals surface area contributed by atoms with E-state index in [0.717, 1.165) is 0 Å². The van der Waals surface area contributed by atoms with Crippen molar-refractivity contribution in [1.82, 2.24) is 9.97 Å². The summed E-state index contributed by atoms with van der Waals surface area (Å²) in [7, 11) is 0. The molecule has 1 N–H and O–H groups in total. The highest BCUT2D eigenvalue weighted by Gasteiger charge is 2.32. The van der Waals surface area contributed by atoms with E-state index < -0.39 is 6.36 Å². The van der Waals surface area contributed by atoms with E-state index in [-0.39, 0.29) is 10.2 Å². The summed E-state index contributed by atoms with van der Waals surface area (Å²) in [5.74, 6) is -0.304. The first kappa shape index (κ1) is 10.3. The number of nitrogens with one attached hydrogen (secondary N) is 1. The smallest absolute Gasteiger partial charge is 0.404 e. The molecule has 3 nitrogen and oxygen atoms in total. The summed E-state index contributed by atoms with van der Waals surface area (Å²) >= 11 is 3.01. The molecule has 0 fully saturated rings. The van der Waals surface area contributed by atoms with Crippen LogP contribution in [-0.4, -0.2) is 16.3 Å². The molecule has 15 heavy (non-hydrogen) atoms. The normalized spacial score (nSPS) is 12.0.